The van der Waals surface area contributed by atoms with Gasteiger partial charge in [-0.05, 0) is 26.0 Å². The van der Waals surface area contributed by atoms with E-state index in [0.29, 0.717) is 17.8 Å². The van der Waals surface area contributed by atoms with Crippen molar-refractivity contribution in [3.05, 3.63) is 53.9 Å². The molecule has 0 amide bonds. The fraction of sp³-hybridized carbons (Fsp3) is 0.188. The summed E-state index contributed by atoms with van der Waals surface area (Å²) in [6.07, 6.45) is 3.18. The minimum atomic E-state index is -0.401. The maximum absolute atomic E-state index is 11.9. The van der Waals surface area contributed by atoms with Crippen molar-refractivity contribution in [2.45, 2.75) is 13.8 Å². The van der Waals surface area contributed by atoms with Gasteiger partial charge in [0.05, 0.1) is 18.5 Å². The summed E-state index contributed by atoms with van der Waals surface area (Å²) >= 11 is 0. The van der Waals surface area contributed by atoms with Crippen LogP contribution in [-0.2, 0) is 4.74 Å². The normalized spacial score (nSPS) is 10.8. The van der Waals surface area contributed by atoms with Crippen LogP contribution in [0.3, 0.4) is 0 Å². The number of ether oxygens (including phenoxy) is 1. The molecule has 3 aromatic rings. The maximum atomic E-state index is 11.9. The van der Waals surface area contributed by atoms with Gasteiger partial charge in [0, 0.05) is 11.8 Å². The van der Waals surface area contributed by atoms with E-state index in [-0.39, 0.29) is 0 Å². The van der Waals surface area contributed by atoms with Gasteiger partial charge in [0.25, 0.3) is 0 Å². The van der Waals surface area contributed by atoms with Gasteiger partial charge in [0.15, 0.2) is 5.65 Å². The van der Waals surface area contributed by atoms with Crippen LogP contribution in [0, 0.1) is 6.92 Å². The lowest BCUT2D eigenvalue weighted by atomic mass is 10.1. The number of carbonyl (C=O) groups is 1. The quantitative estimate of drug-likeness (QED) is 0.693. The van der Waals surface area contributed by atoms with Crippen molar-refractivity contribution in [1.29, 1.82) is 0 Å². The third-order valence-electron chi connectivity index (χ3n) is 3.21. The van der Waals surface area contributed by atoms with Crippen LogP contribution in [0.1, 0.15) is 22.8 Å². The molecule has 0 saturated heterocycles. The number of nitrogens with zero attached hydrogens (tertiary/aromatic N) is 3. The Labute approximate surface area is 122 Å². The molecular formula is C16H15N3O2. The number of aryl methyl sites for hydroxylation is 1. The third kappa shape index (κ3) is 2.38. The SMILES string of the molecule is CCOC(=O)c1cnn2c(-c3cccc(C)c3)ccnc12. The van der Waals surface area contributed by atoms with Crippen molar-refractivity contribution in [2.24, 2.45) is 0 Å². The number of hydrogen-bond donors (Lipinski definition) is 0. The molecule has 0 fully saturated rings. The van der Waals surface area contributed by atoms with Gasteiger partial charge in [-0.1, -0.05) is 23.8 Å². The van der Waals surface area contributed by atoms with Gasteiger partial charge in [0.1, 0.15) is 5.56 Å². The van der Waals surface area contributed by atoms with Crippen LogP contribution in [0.25, 0.3) is 16.9 Å². The van der Waals surface area contributed by atoms with Crippen molar-refractivity contribution in [3.63, 3.8) is 0 Å². The second-order valence-corrected chi connectivity index (χ2v) is 4.71. The lowest BCUT2D eigenvalue weighted by molar-refractivity contribution is 0.0528. The predicted molar refractivity (Wildman–Crippen MR) is 79.1 cm³/mol. The summed E-state index contributed by atoms with van der Waals surface area (Å²) in [5.74, 6) is -0.401. The lowest BCUT2D eigenvalue weighted by Gasteiger charge is -2.06. The topological polar surface area (TPSA) is 56.5 Å². The van der Waals surface area contributed by atoms with Crippen LogP contribution in [0.2, 0.25) is 0 Å². The molecule has 0 radical (unpaired) electrons. The Morgan fingerprint density at radius 1 is 1.33 bits per heavy atom. The van der Waals surface area contributed by atoms with Gasteiger partial charge in [-0.3, -0.25) is 0 Å². The molecule has 3 rings (SSSR count). The van der Waals surface area contributed by atoms with Gasteiger partial charge in [-0.2, -0.15) is 5.10 Å². The average Bonchev–Trinajstić information content (AvgIpc) is 2.91. The predicted octanol–water partition coefficient (Wildman–Crippen LogP) is 2.88. The fourth-order valence-electron chi connectivity index (χ4n) is 2.27. The van der Waals surface area contributed by atoms with Crippen LogP contribution in [0.4, 0.5) is 0 Å². The molecule has 2 heterocycles. The Kier molecular flexibility index (Phi) is 3.39. The molecule has 0 aliphatic carbocycles. The van der Waals surface area contributed by atoms with E-state index < -0.39 is 5.97 Å². The average molecular weight is 281 g/mol. The summed E-state index contributed by atoms with van der Waals surface area (Å²) in [5.41, 5.74) is 3.97. The Morgan fingerprint density at radius 3 is 2.95 bits per heavy atom. The Bertz CT molecular complexity index is 808. The van der Waals surface area contributed by atoms with Crippen molar-refractivity contribution in [2.75, 3.05) is 6.61 Å². The molecule has 2 aromatic heterocycles. The molecule has 0 aliphatic heterocycles. The van der Waals surface area contributed by atoms with E-state index in [9.17, 15) is 4.79 Å². The highest BCUT2D eigenvalue weighted by atomic mass is 16.5. The summed E-state index contributed by atoms with van der Waals surface area (Å²) in [5, 5.41) is 4.28. The first kappa shape index (κ1) is 13.3. The lowest BCUT2D eigenvalue weighted by Crippen LogP contribution is -2.05. The van der Waals surface area contributed by atoms with Crippen LogP contribution in [-0.4, -0.2) is 27.2 Å². The number of fused-ring (bicyclic) bond motifs is 1. The highest BCUT2D eigenvalue weighted by molar-refractivity contribution is 5.95. The molecule has 0 aliphatic rings. The Morgan fingerprint density at radius 2 is 2.19 bits per heavy atom. The molecule has 0 spiro atoms. The highest BCUT2D eigenvalue weighted by Gasteiger charge is 2.16. The van der Waals surface area contributed by atoms with Crippen LogP contribution in [0.5, 0.6) is 0 Å². The third-order valence-corrected chi connectivity index (χ3v) is 3.21. The summed E-state index contributed by atoms with van der Waals surface area (Å²) in [7, 11) is 0. The number of aromatic nitrogens is 3. The molecule has 0 unspecified atom stereocenters. The smallest absolute Gasteiger partial charge is 0.343 e. The van der Waals surface area contributed by atoms with E-state index >= 15 is 0 Å². The molecule has 106 valence electrons. The first-order valence-corrected chi connectivity index (χ1v) is 6.77. The van der Waals surface area contributed by atoms with E-state index in [1.165, 1.54) is 6.20 Å². The number of esters is 1. The zero-order valence-corrected chi connectivity index (χ0v) is 11.9. The Balaban J connectivity index is 2.16. The largest absolute Gasteiger partial charge is 0.462 e. The molecule has 0 bridgehead atoms. The number of carbonyl (C=O) groups excluding carboxylic acids is 1. The van der Waals surface area contributed by atoms with Crippen LogP contribution in [0.15, 0.2) is 42.7 Å². The fourth-order valence-corrected chi connectivity index (χ4v) is 2.27. The summed E-state index contributed by atoms with van der Waals surface area (Å²) in [6, 6.07) is 9.99. The molecule has 1 aromatic carbocycles. The number of hydrogen-bond acceptors (Lipinski definition) is 4. The van der Waals surface area contributed by atoms with Crippen molar-refractivity contribution in [1.82, 2.24) is 14.6 Å². The summed E-state index contributed by atoms with van der Waals surface area (Å²) < 4.78 is 6.69. The molecule has 5 nitrogen and oxygen atoms in total. The maximum Gasteiger partial charge on any atom is 0.343 e. The molecule has 0 N–H and O–H groups in total. The molecule has 5 heteroatoms. The first-order chi connectivity index (χ1) is 10.2. The first-order valence-electron chi connectivity index (χ1n) is 6.77. The standard InChI is InChI=1S/C16H15N3O2/c1-3-21-16(20)13-10-18-19-14(7-8-17-15(13)19)12-6-4-5-11(2)9-12/h4-10H,3H2,1-2H3. The monoisotopic (exact) mass is 281 g/mol. The molecule has 0 atom stereocenters. The van der Waals surface area contributed by atoms with Crippen molar-refractivity contribution < 1.29 is 9.53 Å². The van der Waals surface area contributed by atoms with Gasteiger partial charge < -0.3 is 4.74 Å². The number of rotatable bonds is 3. The van der Waals surface area contributed by atoms with Gasteiger partial charge in [0.2, 0.25) is 0 Å². The highest BCUT2D eigenvalue weighted by Crippen LogP contribution is 2.22. The van der Waals surface area contributed by atoms with Gasteiger partial charge >= 0.3 is 5.97 Å². The van der Waals surface area contributed by atoms with Gasteiger partial charge in [-0.25, -0.2) is 14.3 Å². The van der Waals surface area contributed by atoms with Crippen molar-refractivity contribution in [3.8, 4) is 11.3 Å². The minimum Gasteiger partial charge on any atom is -0.462 e. The molecule has 21 heavy (non-hydrogen) atoms. The van der Waals surface area contributed by atoms with E-state index in [0.717, 1.165) is 16.8 Å². The molecule has 0 saturated carbocycles. The van der Waals surface area contributed by atoms with Crippen LogP contribution < -0.4 is 0 Å². The van der Waals surface area contributed by atoms with Crippen molar-refractivity contribution >= 4 is 11.6 Å². The summed E-state index contributed by atoms with van der Waals surface area (Å²) in [4.78, 5) is 16.2. The Hall–Kier alpha value is -2.69. The van der Waals surface area contributed by atoms with E-state index in [1.807, 2.05) is 31.2 Å². The second-order valence-electron chi connectivity index (χ2n) is 4.71. The second kappa shape index (κ2) is 5.36. The molecular weight excluding hydrogens is 266 g/mol. The van der Waals surface area contributed by atoms with Gasteiger partial charge in [-0.15, -0.1) is 0 Å². The number of benzene rings is 1. The minimum absolute atomic E-state index is 0.327. The zero-order valence-electron chi connectivity index (χ0n) is 11.9. The van der Waals surface area contributed by atoms with E-state index in [1.54, 1.807) is 17.6 Å². The van der Waals surface area contributed by atoms with Crippen LogP contribution >= 0.6 is 0 Å². The summed E-state index contributed by atoms with van der Waals surface area (Å²) in [6.45, 7) is 4.14. The zero-order chi connectivity index (χ0) is 14.8. The van der Waals surface area contributed by atoms with E-state index in [2.05, 4.69) is 16.1 Å². The van der Waals surface area contributed by atoms with E-state index in [4.69, 9.17) is 4.74 Å².